The Labute approximate surface area is 443 Å². The Bertz CT molecular complexity index is 2410. The third kappa shape index (κ3) is 15.8. The normalized spacial score (nSPS) is 17.8. The summed E-state index contributed by atoms with van der Waals surface area (Å²) in [6, 6.07) is 10.1. The van der Waals surface area contributed by atoms with E-state index in [1.807, 2.05) is 0 Å². The standard InChI is InChI=1S/C33H54NOP.C30H46NP.C3H8/c1-22-27(32(9,10)11)20-28(33(12,13)14)26-21-36(34(15)16)35-23(2)25(29(22)26)19-24(31(6,7)8)17-18-30(3,4)5;1-13-20-14-21(28(3,4)5)15-22-23(20)17-32(31-12)18-24-26(30(9,10)11)16-25(29(6,7)8)19(2)27(22)24;1-3-2/h17,19-20H,2,18,21H2,1,3-16H3;14-16,31H,13,17-18H2,1-12H3;3H2,1-2H3/b24-17+,25-19+;;. The van der Waals surface area contributed by atoms with E-state index in [0.29, 0.717) is 0 Å². The van der Waals surface area contributed by atoms with Crippen LogP contribution in [-0.4, -0.2) is 25.8 Å². The molecule has 0 saturated heterocycles. The van der Waals surface area contributed by atoms with Crippen LogP contribution in [-0.2, 0) is 56.5 Å². The maximum atomic E-state index is 6.68. The van der Waals surface area contributed by atoms with Crippen molar-refractivity contribution >= 4 is 21.9 Å². The van der Waals surface area contributed by atoms with Gasteiger partial charge < -0.3 is 4.52 Å². The van der Waals surface area contributed by atoms with Crippen molar-refractivity contribution in [3.8, 4) is 11.1 Å². The summed E-state index contributed by atoms with van der Waals surface area (Å²) >= 11 is 0. The summed E-state index contributed by atoms with van der Waals surface area (Å²) in [5.41, 5.74) is 23.9. The number of allylic oxidation sites excluding steroid dienone is 4. The number of nitrogens with one attached hydrogen (secondary N) is 1. The van der Waals surface area contributed by atoms with Gasteiger partial charge in [0, 0.05) is 24.1 Å². The summed E-state index contributed by atoms with van der Waals surface area (Å²) in [7, 11) is 5.30. The number of benzene rings is 3. The largest absolute Gasteiger partial charge is 0.458 e. The van der Waals surface area contributed by atoms with Crippen LogP contribution < -0.4 is 5.09 Å². The predicted molar refractivity (Wildman–Crippen MR) is 324 cm³/mol. The maximum absolute atomic E-state index is 6.68. The van der Waals surface area contributed by atoms with Crippen molar-refractivity contribution in [2.75, 3.05) is 21.1 Å². The molecule has 0 fully saturated rings. The Balaban J connectivity index is 0.000000357. The van der Waals surface area contributed by atoms with Gasteiger partial charge in [-0.3, -0.25) is 9.76 Å². The number of hydrogen-bond donors (Lipinski definition) is 1. The zero-order valence-corrected chi connectivity index (χ0v) is 53.5. The summed E-state index contributed by atoms with van der Waals surface area (Å²) in [5.74, 6) is 0.800. The molecule has 5 rings (SSSR count). The van der Waals surface area contributed by atoms with Gasteiger partial charge in [-0.25, -0.2) is 0 Å². The van der Waals surface area contributed by atoms with Crippen LogP contribution in [0.5, 0.6) is 0 Å². The highest BCUT2D eigenvalue weighted by molar-refractivity contribution is 7.53. The van der Waals surface area contributed by atoms with E-state index in [1.54, 1.807) is 22.3 Å². The molecule has 71 heavy (non-hydrogen) atoms. The summed E-state index contributed by atoms with van der Waals surface area (Å²) < 4.78 is 8.92. The van der Waals surface area contributed by atoms with E-state index in [9.17, 15) is 0 Å². The van der Waals surface area contributed by atoms with Crippen LogP contribution >= 0.6 is 16.4 Å². The number of hydrogen-bond acceptors (Lipinski definition) is 3. The molecule has 3 aromatic carbocycles. The average Bonchev–Trinajstić information content (AvgIpc) is 3.45. The second kappa shape index (κ2) is 23.1. The van der Waals surface area contributed by atoms with Crippen molar-refractivity contribution in [2.24, 2.45) is 10.8 Å². The molecule has 0 bridgehead atoms. The molecule has 2 unspecified atom stereocenters. The molecule has 2 aliphatic heterocycles. The van der Waals surface area contributed by atoms with Crippen molar-refractivity contribution < 1.29 is 4.52 Å². The third-order valence-electron chi connectivity index (χ3n) is 14.1. The highest BCUT2D eigenvalue weighted by atomic mass is 31.2. The van der Waals surface area contributed by atoms with Gasteiger partial charge in [0.15, 0.2) is 8.30 Å². The van der Waals surface area contributed by atoms with Crippen molar-refractivity contribution in [3.05, 3.63) is 121 Å². The molecule has 2 heterocycles. The molecule has 398 valence electrons. The number of aryl methyl sites for hydroxylation is 1. The van der Waals surface area contributed by atoms with Crippen molar-refractivity contribution in [1.29, 1.82) is 0 Å². The molecule has 0 saturated carbocycles. The molecule has 3 aromatic rings. The first-order valence-electron chi connectivity index (χ1n) is 27.2. The van der Waals surface area contributed by atoms with E-state index in [4.69, 9.17) is 4.52 Å². The fourth-order valence-corrected chi connectivity index (χ4v) is 13.5. The Morgan fingerprint density at radius 3 is 1.44 bits per heavy atom. The number of fused-ring (bicyclic) bond motifs is 4. The summed E-state index contributed by atoms with van der Waals surface area (Å²) in [6.45, 7) is 65.0. The van der Waals surface area contributed by atoms with Gasteiger partial charge in [0.2, 0.25) is 0 Å². The van der Waals surface area contributed by atoms with Gasteiger partial charge in [-0.05, 0) is 183 Å². The minimum absolute atomic E-state index is 0.0136. The van der Waals surface area contributed by atoms with Gasteiger partial charge in [-0.2, -0.15) is 0 Å². The molecule has 0 aromatic heterocycles. The highest BCUT2D eigenvalue weighted by Gasteiger charge is 2.36. The Kier molecular flexibility index (Phi) is 20.5. The van der Waals surface area contributed by atoms with Crippen LogP contribution in [0.2, 0.25) is 0 Å². The Morgan fingerprint density at radius 1 is 0.620 bits per heavy atom. The fourth-order valence-electron chi connectivity index (χ4n) is 10.1. The first-order valence-corrected chi connectivity index (χ1v) is 30.3. The zero-order valence-electron chi connectivity index (χ0n) is 51.7. The predicted octanol–water partition coefficient (Wildman–Crippen LogP) is 20.5. The molecule has 1 N–H and O–H groups in total. The Hall–Kier alpha value is -2.54. The van der Waals surface area contributed by atoms with E-state index >= 15 is 0 Å². The van der Waals surface area contributed by atoms with Crippen LogP contribution in [0, 0.1) is 24.7 Å². The van der Waals surface area contributed by atoms with Crippen LogP contribution in [0.3, 0.4) is 0 Å². The maximum Gasteiger partial charge on any atom is 0.167 e. The quantitative estimate of drug-likeness (QED) is 0.258. The van der Waals surface area contributed by atoms with E-state index in [2.05, 4.69) is 254 Å². The molecule has 0 aliphatic carbocycles. The number of nitrogens with zero attached hydrogens (tertiary/aromatic N) is 1. The monoisotopic (exact) mass is 1010 g/mol. The topological polar surface area (TPSA) is 24.5 Å². The van der Waals surface area contributed by atoms with E-state index < -0.39 is 8.30 Å². The molecule has 0 radical (unpaired) electrons. The minimum Gasteiger partial charge on any atom is -0.458 e. The van der Waals surface area contributed by atoms with Crippen LogP contribution in [0.15, 0.2) is 54.3 Å². The lowest BCUT2D eigenvalue weighted by Gasteiger charge is -2.33. The lowest BCUT2D eigenvalue weighted by Crippen LogP contribution is -2.22. The minimum atomic E-state index is -0.829. The molecular weight excluding hydrogens is 899 g/mol. The van der Waals surface area contributed by atoms with Gasteiger partial charge in [0.25, 0.3) is 0 Å². The summed E-state index contributed by atoms with van der Waals surface area (Å²) in [4.78, 5) is 0. The van der Waals surface area contributed by atoms with Crippen LogP contribution in [0.4, 0.5) is 0 Å². The zero-order chi connectivity index (χ0) is 54.9. The van der Waals surface area contributed by atoms with Gasteiger partial charge >= 0.3 is 0 Å². The van der Waals surface area contributed by atoms with E-state index in [1.165, 1.54) is 67.6 Å². The molecule has 2 atom stereocenters. The average molecular weight is 1010 g/mol. The molecule has 0 spiro atoms. The van der Waals surface area contributed by atoms with Crippen LogP contribution in [0.1, 0.15) is 246 Å². The van der Waals surface area contributed by atoms with Crippen molar-refractivity contribution in [1.82, 2.24) is 9.76 Å². The van der Waals surface area contributed by atoms with Gasteiger partial charge in [-0.1, -0.05) is 210 Å². The van der Waals surface area contributed by atoms with E-state index in [-0.39, 0.29) is 46.0 Å². The fraction of sp³-hybridized carbons (Fsp3) is 0.636. The molecule has 2 aliphatic rings. The van der Waals surface area contributed by atoms with Crippen molar-refractivity contribution in [3.63, 3.8) is 0 Å². The van der Waals surface area contributed by atoms with Crippen molar-refractivity contribution in [2.45, 2.75) is 245 Å². The second-order valence-electron chi connectivity index (χ2n) is 28.6. The lowest BCUT2D eigenvalue weighted by molar-refractivity contribution is 0.414. The van der Waals surface area contributed by atoms with Gasteiger partial charge in [-0.15, -0.1) is 0 Å². The SMILES string of the molecule is C=C1OP(N(C)C)Cc2c(C(C)(C)C)cc(C(C)(C)C)c(C)c2/C1=C/C(=C\CC(C)(C)C)C(C)(C)C.CCC.CCc1cc(C(C)(C)C)cc2c1CP(NC)Cc1c(C(C)(C)C)cc(C(C)(C)C)c(C)c1-2. The third-order valence-corrected chi connectivity index (χ3v) is 18.1. The molecular formula is C66H108N2OP2. The first-order chi connectivity index (χ1) is 32.0. The van der Waals surface area contributed by atoms with Crippen LogP contribution in [0.25, 0.3) is 16.7 Å². The van der Waals surface area contributed by atoms with Gasteiger partial charge in [0.1, 0.15) is 5.76 Å². The first kappa shape index (κ1) is 62.8. The highest BCUT2D eigenvalue weighted by Crippen LogP contribution is 2.56. The van der Waals surface area contributed by atoms with E-state index in [0.717, 1.165) is 42.7 Å². The van der Waals surface area contributed by atoms with Gasteiger partial charge in [0.05, 0.1) is 0 Å². The summed E-state index contributed by atoms with van der Waals surface area (Å²) in [5, 5.41) is 3.73. The smallest absolute Gasteiger partial charge is 0.167 e. The Morgan fingerprint density at radius 2 is 1.06 bits per heavy atom. The molecule has 5 heteroatoms. The molecule has 3 nitrogen and oxygen atoms in total. The number of rotatable bonds is 5. The lowest BCUT2D eigenvalue weighted by atomic mass is 9.72. The summed E-state index contributed by atoms with van der Waals surface area (Å²) in [6.07, 6.45) is 11.4. The molecule has 0 amide bonds. The second-order valence-corrected chi connectivity index (χ2v) is 32.7.